The summed E-state index contributed by atoms with van der Waals surface area (Å²) in [5, 5.41) is 7.17. The number of nitrogens with one attached hydrogen (secondary N) is 1. The molecular formula is C12H12N6OS. The Morgan fingerprint density at radius 1 is 1.50 bits per heavy atom. The lowest BCUT2D eigenvalue weighted by Crippen LogP contribution is -2.19. The van der Waals surface area contributed by atoms with Gasteiger partial charge in [-0.15, -0.1) is 5.10 Å². The molecule has 0 fully saturated rings. The fraction of sp³-hybridized carbons (Fsp3) is 0.167. The van der Waals surface area contributed by atoms with E-state index in [4.69, 9.17) is 5.73 Å². The van der Waals surface area contributed by atoms with Crippen LogP contribution in [0.5, 0.6) is 0 Å². The molecule has 0 radical (unpaired) electrons. The summed E-state index contributed by atoms with van der Waals surface area (Å²) in [5.74, 6) is -0.0704. The lowest BCUT2D eigenvalue weighted by Gasteiger charge is -2.00. The van der Waals surface area contributed by atoms with E-state index < -0.39 is 0 Å². The molecule has 0 saturated carbocycles. The van der Waals surface area contributed by atoms with E-state index >= 15 is 0 Å². The molecule has 0 spiro atoms. The zero-order valence-corrected chi connectivity index (χ0v) is 11.5. The molecule has 3 N–H and O–H groups in total. The molecule has 3 aromatic rings. The molecule has 7 nitrogen and oxygen atoms in total. The number of fused-ring (bicyclic) bond motifs is 1. The van der Waals surface area contributed by atoms with Crippen LogP contribution < -0.4 is 11.1 Å². The van der Waals surface area contributed by atoms with E-state index in [0.29, 0.717) is 5.13 Å². The molecule has 1 amide bonds. The lowest BCUT2D eigenvalue weighted by atomic mass is 10.2. The van der Waals surface area contributed by atoms with E-state index in [-0.39, 0.29) is 18.4 Å². The summed E-state index contributed by atoms with van der Waals surface area (Å²) in [6.07, 6.45) is 1.41. The van der Waals surface area contributed by atoms with Gasteiger partial charge < -0.3 is 11.1 Å². The number of carbonyl (C=O) groups excluding carboxylic acids is 1. The number of thiazole rings is 1. The van der Waals surface area contributed by atoms with Crippen LogP contribution in [0.3, 0.4) is 0 Å². The number of nitrogen functional groups attached to an aromatic ring is 1. The zero-order valence-electron chi connectivity index (χ0n) is 10.7. The van der Waals surface area contributed by atoms with E-state index in [1.54, 1.807) is 0 Å². The number of hydrogen-bond donors (Lipinski definition) is 2. The first-order valence-corrected chi connectivity index (χ1v) is 6.74. The topological polar surface area (TPSA) is 98.7 Å². The maximum absolute atomic E-state index is 11.9. The minimum Gasteiger partial charge on any atom is -0.367 e. The second kappa shape index (κ2) is 4.89. The Balaban J connectivity index is 1.73. The third-order valence-electron chi connectivity index (χ3n) is 2.65. The van der Waals surface area contributed by atoms with Crippen LogP contribution in [-0.4, -0.2) is 25.7 Å². The van der Waals surface area contributed by atoms with Crippen molar-refractivity contribution in [2.45, 2.75) is 13.5 Å². The normalized spacial score (nSPS) is 10.8. The molecule has 0 saturated heterocycles. The Morgan fingerprint density at radius 3 is 3.10 bits per heavy atom. The molecular weight excluding hydrogens is 276 g/mol. The summed E-state index contributed by atoms with van der Waals surface area (Å²) in [4.78, 5) is 20.0. The Bertz CT molecular complexity index is 777. The molecule has 8 heteroatoms. The van der Waals surface area contributed by atoms with Crippen molar-refractivity contribution in [3.63, 3.8) is 0 Å². The molecule has 0 unspecified atom stereocenters. The zero-order chi connectivity index (χ0) is 14.1. The van der Waals surface area contributed by atoms with Gasteiger partial charge in [0, 0.05) is 0 Å². The predicted octanol–water partition coefficient (Wildman–Crippen LogP) is 1.42. The van der Waals surface area contributed by atoms with Crippen LogP contribution >= 0.6 is 11.3 Å². The average molecular weight is 288 g/mol. The van der Waals surface area contributed by atoms with Gasteiger partial charge in [0.05, 0.1) is 10.2 Å². The van der Waals surface area contributed by atoms with Crippen molar-refractivity contribution in [2.75, 3.05) is 11.1 Å². The number of nitrogens with zero attached hydrogens (tertiary/aromatic N) is 4. The van der Waals surface area contributed by atoms with Crippen molar-refractivity contribution >= 4 is 38.5 Å². The quantitative estimate of drug-likeness (QED) is 0.759. The minimum absolute atomic E-state index is 0.0547. The smallest absolute Gasteiger partial charge is 0.247 e. The molecule has 0 aliphatic rings. The second-order valence-corrected chi connectivity index (χ2v) is 5.37. The van der Waals surface area contributed by atoms with Gasteiger partial charge in [0.1, 0.15) is 12.9 Å². The van der Waals surface area contributed by atoms with Gasteiger partial charge in [0.15, 0.2) is 5.13 Å². The maximum Gasteiger partial charge on any atom is 0.247 e. The molecule has 0 bridgehead atoms. The Morgan fingerprint density at radius 2 is 2.35 bits per heavy atom. The lowest BCUT2D eigenvalue weighted by molar-refractivity contribution is -0.116. The summed E-state index contributed by atoms with van der Waals surface area (Å²) >= 11 is 1.44. The molecule has 1 aromatic carbocycles. The van der Waals surface area contributed by atoms with Crippen LogP contribution in [-0.2, 0) is 11.3 Å². The van der Waals surface area contributed by atoms with E-state index in [0.717, 1.165) is 15.8 Å². The number of anilines is 2. The molecule has 3 rings (SSSR count). The van der Waals surface area contributed by atoms with Crippen molar-refractivity contribution in [3.05, 3.63) is 30.1 Å². The summed E-state index contributed by atoms with van der Waals surface area (Å²) in [6, 6.07) is 5.97. The van der Waals surface area contributed by atoms with Crippen molar-refractivity contribution in [2.24, 2.45) is 0 Å². The molecule has 2 heterocycles. The first-order valence-electron chi connectivity index (χ1n) is 5.92. The number of benzene rings is 1. The maximum atomic E-state index is 11.9. The first-order chi connectivity index (χ1) is 9.60. The van der Waals surface area contributed by atoms with E-state index in [2.05, 4.69) is 20.4 Å². The van der Waals surface area contributed by atoms with Gasteiger partial charge in [-0.2, -0.15) is 0 Å². The van der Waals surface area contributed by atoms with Gasteiger partial charge in [0.25, 0.3) is 0 Å². The van der Waals surface area contributed by atoms with Crippen molar-refractivity contribution in [1.82, 2.24) is 19.7 Å². The molecule has 0 atom stereocenters. The number of carbonyl (C=O) groups is 1. The van der Waals surface area contributed by atoms with Crippen molar-refractivity contribution in [3.8, 4) is 0 Å². The highest BCUT2D eigenvalue weighted by molar-refractivity contribution is 7.22. The monoisotopic (exact) mass is 288 g/mol. The van der Waals surface area contributed by atoms with Crippen LogP contribution in [0.25, 0.3) is 10.2 Å². The van der Waals surface area contributed by atoms with Crippen LogP contribution in [0.2, 0.25) is 0 Å². The van der Waals surface area contributed by atoms with Gasteiger partial charge in [-0.3, -0.25) is 4.79 Å². The Labute approximate surface area is 118 Å². The number of aryl methyl sites for hydroxylation is 1. The van der Waals surface area contributed by atoms with Crippen molar-refractivity contribution in [1.29, 1.82) is 0 Å². The number of nitrogens with two attached hydrogens (primary N) is 1. The van der Waals surface area contributed by atoms with Gasteiger partial charge in [-0.25, -0.2) is 14.6 Å². The summed E-state index contributed by atoms with van der Waals surface area (Å²) in [5.41, 5.74) is 7.43. The summed E-state index contributed by atoms with van der Waals surface area (Å²) in [6.45, 7) is 2.08. The van der Waals surface area contributed by atoms with Crippen LogP contribution in [0.15, 0.2) is 24.5 Å². The molecule has 2 aromatic heterocycles. The summed E-state index contributed by atoms with van der Waals surface area (Å²) < 4.78 is 2.42. The predicted molar refractivity (Wildman–Crippen MR) is 77.4 cm³/mol. The largest absolute Gasteiger partial charge is 0.367 e. The van der Waals surface area contributed by atoms with Gasteiger partial charge in [-0.1, -0.05) is 17.4 Å². The number of amides is 1. The highest BCUT2D eigenvalue weighted by Crippen LogP contribution is 2.26. The van der Waals surface area contributed by atoms with Crippen LogP contribution in [0.1, 0.15) is 5.56 Å². The highest BCUT2D eigenvalue weighted by Gasteiger charge is 2.09. The highest BCUT2D eigenvalue weighted by atomic mass is 32.1. The number of rotatable bonds is 3. The molecule has 20 heavy (non-hydrogen) atoms. The van der Waals surface area contributed by atoms with E-state index in [9.17, 15) is 4.79 Å². The van der Waals surface area contributed by atoms with Crippen molar-refractivity contribution < 1.29 is 4.79 Å². The SMILES string of the molecule is Cc1ccc2nc(NC(=O)Cn3cnc(N)n3)sc2c1. The van der Waals surface area contributed by atoms with Gasteiger partial charge in [0.2, 0.25) is 11.9 Å². The molecule has 0 aliphatic carbocycles. The first kappa shape index (κ1) is 12.5. The third kappa shape index (κ3) is 2.59. The summed E-state index contributed by atoms with van der Waals surface area (Å²) in [7, 11) is 0. The van der Waals surface area contributed by atoms with E-state index in [1.807, 2.05) is 25.1 Å². The second-order valence-electron chi connectivity index (χ2n) is 4.34. The third-order valence-corrected chi connectivity index (χ3v) is 3.58. The Hall–Kier alpha value is -2.48. The fourth-order valence-corrected chi connectivity index (χ4v) is 2.76. The van der Waals surface area contributed by atoms with E-state index in [1.165, 1.54) is 22.3 Å². The molecule has 102 valence electrons. The minimum atomic E-state index is -0.217. The Kier molecular flexibility index (Phi) is 3.07. The number of aromatic nitrogens is 4. The van der Waals surface area contributed by atoms with Crippen LogP contribution in [0, 0.1) is 6.92 Å². The van der Waals surface area contributed by atoms with Crippen LogP contribution in [0.4, 0.5) is 11.1 Å². The van der Waals surface area contributed by atoms with Gasteiger partial charge >= 0.3 is 0 Å². The average Bonchev–Trinajstić information content (AvgIpc) is 2.94. The fourth-order valence-electron chi connectivity index (χ4n) is 1.78. The number of hydrogen-bond acceptors (Lipinski definition) is 6. The standard InChI is InChI=1S/C12H12N6OS/c1-7-2-3-8-9(4-7)20-12(15-8)16-10(19)5-18-6-14-11(13)17-18/h2-4,6H,5H2,1H3,(H2,13,17)(H,15,16,19). The molecule has 0 aliphatic heterocycles. The van der Waals surface area contributed by atoms with Gasteiger partial charge in [-0.05, 0) is 24.6 Å².